The van der Waals surface area contributed by atoms with Crippen LogP contribution in [0.1, 0.15) is 6.92 Å². The van der Waals surface area contributed by atoms with Crippen LogP contribution in [0, 0.1) is 0 Å². The quantitative estimate of drug-likeness (QED) is 0.846. The van der Waals surface area contributed by atoms with E-state index in [2.05, 4.69) is 0 Å². The van der Waals surface area contributed by atoms with E-state index in [1.54, 1.807) is 12.1 Å². The molecule has 0 spiro atoms. The zero-order chi connectivity index (χ0) is 10.7. The number of carboxylic acid groups (broad SMARTS) is 1. The molecular weight excluding hydrogens is 250 g/mol. The van der Waals surface area contributed by atoms with Crippen LogP contribution in [0.4, 0.5) is 0 Å². The van der Waals surface area contributed by atoms with E-state index in [0.29, 0.717) is 15.8 Å². The predicted molar refractivity (Wildman–Crippen MR) is 61.3 cm³/mol. The molecule has 0 saturated heterocycles. The van der Waals surface area contributed by atoms with Crippen LogP contribution in [-0.2, 0) is 4.79 Å². The van der Waals surface area contributed by atoms with Crippen molar-refractivity contribution in [3.8, 4) is 5.75 Å². The fourth-order valence-electron chi connectivity index (χ4n) is 0.805. The molecule has 0 aliphatic heterocycles. The minimum absolute atomic E-state index is 0. The van der Waals surface area contributed by atoms with Gasteiger partial charge in [-0.25, -0.2) is 4.79 Å². The molecule has 1 atom stereocenters. The first-order chi connectivity index (χ1) is 6.50. The molecule has 3 nitrogen and oxygen atoms in total. The third-order valence-electron chi connectivity index (χ3n) is 1.55. The van der Waals surface area contributed by atoms with Gasteiger partial charge in [-0.2, -0.15) is 0 Å². The van der Waals surface area contributed by atoms with Gasteiger partial charge in [-0.15, -0.1) is 0 Å². The second-order valence-electron chi connectivity index (χ2n) is 2.67. The van der Waals surface area contributed by atoms with Crippen LogP contribution in [0.2, 0.25) is 10.0 Å². The van der Waals surface area contributed by atoms with E-state index in [1.807, 2.05) is 0 Å². The van der Waals surface area contributed by atoms with Crippen molar-refractivity contribution in [2.24, 2.45) is 0 Å². The average molecular weight is 259 g/mol. The standard InChI is InChI=1S/C9H8Cl2O3.Na.H/c1-5(9(12)13)14-6-2-3-7(10)8(11)4-6;;/h2-5H,1H3,(H,12,13);;. The zero-order valence-corrected chi connectivity index (χ0v) is 8.84. The second-order valence-corrected chi connectivity index (χ2v) is 3.49. The molecule has 78 valence electrons. The van der Waals surface area contributed by atoms with Crippen molar-refractivity contribution in [2.45, 2.75) is 13.0 Å². The molecule has 1 rings (SSSR count). The van der Waals surface area contributed by atoms with E-state index in [9.17, 15) is 4.79 Å². The molecule has 0 fully saturated rings. The predicted octanol–water partition coefficient (Wildman–Crippen LogP) is 2.20. The number of carboxylic acids is 1. The van der Waals surface area contributed by atoms with Crippen LogP contribution in [0.15, 0.2) is 18.2 Å². The fraction of sp³-hybridized carbons (Fsp3) is 0.222. The number of halogens is 2. The van der Waals surface area contributed by atoms with Gasteiger partial charge in [0.2, 0.25) is 0 Å². The van der Waals surface area contributed by atoms with E-state index in [-0.39, 0.29) is 29.6 Å². The first kappa shape index (κ1) is 15.1. The summed E-state index contributed by atoms with van der Waals surface area (Å²) >= 11 is 11.4. The Morgan fingerprint density at radius 2 is 2.00 bits per heavy atom. The summed E-state index contributed by atoms with van der Waals surface area (Å²) in [6, 6.07) is 4.59. The van der Waals surface area contributed by atoms with Crippen molar-refractivity contribution in [3.63, 3.8) is 0 Å². The van der Waals surface area contributed by atoms with Gasteiger partial charge < -0.3 is 9.84 Å². The van der Waals surface area contributed by atoms with Crippen LogP contribution in [0.5, 0.6) is 5.75 Å². The Morgan fingerprint density at radius 1 is 1.40 bits per heavy atom. The Hall–Kier alpha value is 0.0700. The van der Waals surface area contributed by atoms with Crippen molar-refractivity contribution in [3.05, 3.63) is 28.2 Å². The number of rotatable bonds is 3. The molecule has 1 unspecified atom stereocenters. The second kappa shape index (κ2) is 6.61. The molecule has 0 amide bonds. The van der Waals surface area contributed by atoms with Crippen molar-refractivity contribution < 1.29 is 14.6 Å². The molecular formula is C9H9Cl2NaO3. The Morgan fingerprint density at radius 3 is 2.47 bits per heavy atom. The molecule has 1 aromatic rings. The molecule has 1 N–H and O–H groups in total. The van der Waals surface area contributed by atoms with Gasteiger partial charge in [0, 0.05) is 6.07 Å². The van der Waals surface area contributed by atoms with Crippen LogP contribution in [-0.4, -0.2) is 46.7 Å². The van der Waals surface area contributed by atoms with Gasteiger partial charge in [-0.3, -0.25) is 0 Å². The third kappa shape index (κ3) is 4.62. The van der Waals surface area contributed by atoms with Gasteiger partial charge in [0.05, 0.1) is 10.0 Å². The third-order valence-corrected chi connectivity index (χ3v) is 2.29. The molecule has 6 heteroatoms. The molecule has 0 heterocycles. The molecule has 0 aliphatic rings. The summed E-state index contributed by atoms with van der Waals surface area (Å²) in [5.74, 6) is -0.648. The van der Waals surface area contributed by atoms with Crippen LogP contribution < -0.4 is 4.74 Å². The maximum absolute atomic E-state index is 10.5. The summed E-state index contributed by atoms with van der Waals surface area (Å²) in [4.78, 5) is 10.5. The molecule has 0 aliphatic carbocycles. The summed E-state index contributed by atoms with van der Waals surface area (Å²) in [7, 11) is 0. The molecule has 0 bridgehead atoms. The number of aliphatic carboxylic acids is 1. The number of carbonyl (C=O) groups is 1. The first-order valence-corrected chi connectivity index (χ1v) is 4.61. The minimum atomic E-state index is -1.03. The van der Waals surface area contributed by atoms with Crippen LogP contribution in [0.3, 0.4) is 0 Å². The van der Waals surface area contributed by atoms with Crippen molar-refractivity contribution in [1.29, 1.82) is 0 Å². The molecule has 0 saturated carbocycles. The SMILES string of the molecule is CC(Oc1ccc(Cl)c(Cl)c1)C(=O)O.[NaH]. The zero-order valence-electron chi connectivity index (χ0n) is 7.33. The summed E-state index contributed by atoms with van der Waals surface area (Å²) in [5, 5.41) is 9.32. The summed E-state index contributed by atoms with van der Waals surface area (Å²) < 4.78 is 5.07. The molecule has 0 aromatic heterocycles. The van der Waals surface area contributed by atoms with Crippen LogP contribution >= 0.6 is 23.2 Å². The fourth-order valence-corrected chi connectivity index (χ4v) is 1.09. The summed E-state index contributed by atoms with van der Waals surface area (Å²) in [6.45, 7) is 1.44. The van der Waals surface area contributed by atoms with Crippen LogP contribution in [0.25, 0.3) is 0 Å². The van der Waals surface area contributed by atoms with Crippen molar-refractivity contribution in [2.75, 3.05) is 0 Å². The first-order valence-electron chi connectivity index (χ1n) is 3.85. The Labute approximate surface area is 120 Å². The van der Waals surface area contributed by atoms with E-state index in [0.717, 1.165) is 0 Å². The van der Waals surface area contributed by atoms with E-state index >= 15 is 0 Å². The summed E-state index contributed by atoms with van der Waals surface area (Å²) in [6.07, 6.45) is -0.910. The monoisotopic (exact) mass is 258 g/mol. The molecule has 15 heavy (non-hydrogen) atoms. The van der Waals surface area contributed by atoms with Gasteiger partial charge in [0.15, 0.2) is 6.10 Å². The van der Waals surface area contributed by atoms with Gasteiger partial charge in [0.25, 0.3) is 0 Å². The number of benzene rings is 1. The van der Waals surface area contributed by atoms with Gasteiger partial charge in [-0.1, -0.05) is 23.2 Å². The Balaban J connectivity index is 0.00000196. The Bertz CT molecular complexity index is 357. The van der Waals surface area contributed by atoms with E-state index in [4.69, 9.17) is 33.0 Å². The van der Waals surface area contributed by atoms with Gasteiger partial charge in [0.1, 0.15) is 5.75 Å². The van der Waals surface area contributed by atoms with E-state index < -0.39 is 12.1 Å². The number of hydrogen-bond donors (Lipinski definition) is 1. The van der Waals surface area contributed by atoms with Gasteiger partial charge in [-0.05, 0) is 19.1 Å². The normalized spacial score (nSPS) is 11.4. The van der Waals surface area contributed by atoms with E-state index in [1.165, 1.54) is 13.0 Å². The Kier molecular flexibility index (Phi) is 6.64. The number of ether oxygens (including phenoxy) is 1. The average Bonchev–Trinajstić information content (AvgIpc) is 2.11. The van der Waals surface area contributed by atoms with Crippen molar-refractivity contribution >= 4 is 58.7 Å². The molecule has 1 aromatic carbocycles. The summed E-state index contributed by atoms with van der Waals surface area (Å²) in [5.41, 5.74) is 0. The van der Waals surface area contributed by atoms with Crippen molar-refractivity contribution in [1.82, 2.24) is 0 Å². The number of hydrogen-bond acceptors (Lipinski definition) is 2. The topological polar surface area (TPSA) is 46.5 Å². The maximum atomic E-state index is 10.5. The van der Waals surface area contributed by atoms with Gasteiger partial charge >= 0.3 is 35.5 Å². The molecule has 0 radical (unpaired) electrons.